The fourth-order valence-corrected chi connectivity index (χ4v) is 4.71. The molecule has 0 radical (unpaired) electrons. The van der Waals surface area contributed by atoms with Crippen LogP contribution in [0.25, 0.3) is 22.1 Å². The zero-order valence-corrected chi connectivity index (χ0v) is 20.6. The molecule has 35 heavy (non-hydrogen) atoms. The SMILES string of the molecule is COc1ccc(-c2cc(=O)oc3c(C)c4c(cc23)CN(c2cc(Cl)c(OC)cc2OC)CO4)cc1. The lowest BCUT2D eigenvalue weighted by molar-refractivity contribution is 0.285. The maximum Gasteiger partial charge on any atom is 0.336 e. The number of halogens is 1. The Hall–Kier alpha value is -3.84. The summed E-state index contributed by atoms with van der Waals surface area (Å²) in [6.07, 6.45) is 0. The third kappa shape index (κ3) is 4.02. The molecular weight excluding hydrogens is 470 g/mol. The molecule has 0 fully saturated rings. The third-order valence-corrected chi connectivity index (χ3v) is 6.51. The molecule has 0 N–H and O–H groups in total. The van der Waals surface area contributed by atoms with E-state index in [0.717, 1.165) is 39.1 Å². The number of rotatable bonds is 5. The molecule has 0 amide bonds. The number of benzene rings is 3. The molecule has 180 valence electrons. The molecule has 1 aliphatic rings. The number of anilines is 1. The Labute approximate surface area is 207 Å². The summed E-state index contributed by atoms with van der Waals surface area (Å²) in [6.45, 7) is 2.73. The summed E-state index contributed by atoms with van der Waals surface area (Å²) in [7, 11) is 4.78. The molecule has 1 aliphatic heterocycles. The summed E-state index contributed by atoms with van der Waals surface area (Å²) in [5.74, 6) is 2.61. The van der Waals surface area contributed by atoms with Crippen molar-refractivity contribution in [2.75, 3.05) is 33.0 Å². The van der Waals surface area contributed by atoms with Crippen LogP contribution in [0.2, 0.25) is 5.02 Å². The van der Waals surface area contributed by atoms with Gasteiger partial charge in [-0.05, 0) is 42.3 Å². The Balaban J connectivity index is 1.63. The Bertz CT molecular complexity index is 1480. The topological polar surface area (TPSA) is 70.4 Å². The van der Waals surface area contributed by atoms with Crippen molar-refractivity contribution in [1.82, 2.24) is 0 Å². The zero-order valence-electron chi connectivity index (χ0n) is 19.8. The van der Waals surface area contributed by atoms with Crippen molar-refractivity contribution in [3.05, 3.63) is 75.1 Å². The van der Waals surface area contributed by atoms with Crippen molar-refractivity contribution in [3.8, 4) is 34.1 Å². The van der Waals surface area contributed by atoms with Crippen LogP contribution in [0.15, 0.2) is 57.7 Å². The lowest BCUT2D eigenvalue weighted by Crippen LogP contribution is -2.32. The molecule has 2 heterocycles. The molecule has 0 unspecified atom stereocenters. The van der Waals surface area contributed by atoms with Crippen LogP contribution < -0.4 is 29.5 Å². The molecular formula is C27H24ClNO6. The van der Waals surface area contributed by atoms with Crippen LogP contribution in [-0.4, -0.2) is 28.1 Å². The van der Waals surface area contributed by atoms with Crippen LogP contribution in [-0.2, 0) is 6.54 Å². The smallest absolute Gasteiger partial charge is 0.336 e. The van der Waals surface area contributed by atoms with Crippen LogP contribution in [0, 0.1) is 6.92 Å². The molecule has 0 atom stereocenters. The minimum absolute atomic E-state index is 0.279. The van der Waals surface area contributed by atoms with Crippen molar-refractivity contribution in [3.63, 3.8) is 0 Å². The van der Waals surface area contributed by atoms with Crippen LogP contribution in [0.5, 0.6) is 23.0 Å². The second-order valence-electron chi connectivity index (χ2n) is 8.20. The summed E-state index contributed by atoms with van der Waals surface area (Å²) >= 11 is 6.41. The van der Waals surface area contributed by atoms with Crippen molar-refractivity contribution in [1.29, 1.82) is 0 Å². The number of fused-ring (bicyclic) bond motifs is 2. The predicted octanol–water partition coefficient (Wildman–Crippen LogP) is 5.80. The molecule has 0 saturated heterocycles. The first-order chi connectivity index (χ1) is 16.9. The van der Waals surface area contributed by atoms with Gasteiger partial charge in [0.2, 0.25) is 0 Å². The maximum atomic E-state index is 12.4. The Morgan fingerprint density at radius 2 is 1.69 bits per heavy atom. The van der Waals surface area contributed by atoms with Crippen LogP contribution in [0.4, 0.5) is 5.69 Å². The first-order valence-electron chi connectivity index (χ1n) is 11.0. The summed E-state index contributed by atoms with van der Waals surface area (Å²) in [6, 6.07) is 14.7. The molecule has 0 bridgehead atoms. The average molecular weight is 494 g/mol. The largest absolute Gasteiger partial charge is 0.497 e. The van der Waals surface area contributed by atoms with Gasteiger partial charge in [0.05, 0.1) is 38.6 Å². The number of hydrogen-bond acceptors (Lipinski definition) is 7. The van der Waals surface area contributed by atoms with Crippen LogP contribution >= 0.6 is 11.6 Å². The van der Waals surface area contributed by atoms with Crippen molar-refractivity contribution in [2.24, 2.45) is 0 Å². The van der Waals surface area contributed by atoms with Gasteiger partial charge in [-0.25, -0.2) is 4.79 Å². The van der Waals surface area contributed by atoms with Crippen molar-refractivity contribution < 1.29 is 23.4 Å². The van der Waals surface area contributed by atoms with E-state index < -0.39 is 5.63 Å². The van der Waals surface area contributed by atoms with E-state index in [1.807, 2.05) is 48.2 Å². The highest BCUT2D eigenvalue weighted by molar-refractivity contribution is 6.32. The monoisotopic (exact) mass is 493 g/mol. The highest BCUT2D eigenvalue weighted by atomic mass is 35.5. The summed E-state index contributed by atoms with van der Waals surface area (Å²) in [4.78, 5) is 14.5. The Morgan fingerprint density at radius 1 is 0.943 bits per heavy atom. The molecule has 0 spiro atoms. The molecule has 7 nitrogen and oxygen atoms in total. The quantitative estimate of drug-likeness (QED) is 0.325. The second kappa shape index (κ2) is 9.07. The van der Waals surface area contributed by atoms with E-state index >= 15 is 0 Å². The minimum Gasteiger partial charge on any atom is -0.497 e. The minimum atomic E-state index is -0.415. The second-order valence-corrected chi connectivity index (χ2v) is 8.61. The molecule has 5 rings (SSSR count). The zero-order chi connectivity index (χ0) is 24.7. The van der Waals surface area contributed by atoms with Crippen molar-refractivity contribution >= 4 is 28.3 Å². The fraction of sp³-hybridized carbons (Fsp3) is 0.222. The van der Waals surface area contributed by atoms with E-state index in [0.29, 0.717) is 34.4 Å². The Morgan fingerprint density at radius 3 is 2.37 bits per heavy atom. The molecule has 8 heteroatoms. The Kier molecular flexibility index (Phi) is 5.94. The van der Waals surface area contributed by atoms with Gasteiger partial charge in [0, 0.05) is 28.6 Å². The first-order valence-corrected chi connectivity index (χ1v) is 11.3. The molecule has 1 aromatic heterocycles. The van der Waals surface area contributed by atoms with Gasteiger partial charge in [0.1, 0.15) is 28.6 Å². The van der Waals surface area contributed by atoms with E-state index in [2.05, 4.69) is 0 Å². The van der Waals surface area contributed by atoms with Crippen LogP contribution in [0.3, 0.4) is 0 Å². The summed E-state index contributed by atoms with van der Waals surface area (Å²) < 4.78 is 28.0. The normalized spacial score (nSPS) is 12.8. The van der Waals surface area contributed by atoms with Gasteiger partial charge in [-0.3, -0.25) is 0 Å². The number of hydrogen-bond donors (Lipinski definition) is 0. The lowest BCUT2D eigenvalue weighted by atomic mass is 9.96. The van der Waals surface area contributed by atoms with Gasteiger partial charge in [-0.2, -0.15) is 0 Å². The lowest BCUT2D eigenvalue weighted by Gasteiger charge is -2.33. The van der Waals surface area contributed by atoms with Gasteiger partial charge < -0.3 is 28.3 Å². The van der Waals surface area contributed by atoms with E-state index in [1.54, 1.807) is 27.4 Å². The van der Waals surface area contributed by atoms with Gasteiger partial charge in [0.15, 0.2) is 6.73 Å². The fourth-order valence-electron chi connectivity index (χ4n) is 4.48. The van der Waals surface area contributed by atoms with E-state index in [4.69, 9.17) is 35.0 Å². The summed E-state index contributed by atoms with van der Waals surface area (Å²) in [5, 5.41) is 1.31. The van der Waals surface area contributed by atoms with Crippen LogP contribution in [0.1, 0.15) is 11.1 Å². The predicted molar refractivity (Wildman–Crippen MR) is 135 cm³/mol. The van der Waals surface area contributed by atoms with Gasteiger partial charge >= 0.3 is 5.63 Å². The highest BCUT2D eigenvalue weighted by Gasteiger charge is 2.26. The van der Waals surface area contributed by atoms with Crippen molar-refractivity contribution in [2.45, 2.75) is 13.5 Å². The molecule has 0 aliphatic carbocycles. The molecule has 0 saturated carbocycles. The number of methoxy groups -OCH3 is 3. The molecule has 3 aromatic carbocycles. The molecule has 4 aromatic rings. The summed E-state index contributed by atoms with van der Waals surface area (Å²) in [5.41, 5.74) is 4.30. The van der Waals surface area contributed by atoms with E-state index in [-0.39, 0.29) is 6.73 Å². The number of aryl methyl sites for hydroxylation is 1. The average Bonchev–Trinajstić information content (AvgIpc) is 2.88. The first kappa shape index (κ1) is 22.9. The standard InChI is InChI=1S/C27H24ClNO6/c1-15-26-17(13-29(14-34-26)22-11-21(28)23(32-3)12-24(22)33-4)9-20-19(10-25(30)35-27(15)20)16-5-7-18(31-2)8-6-16/h5-12H,13-14H2,1-4H3. The van der Waals surface area contributed by atoms with Gasteiger partial charge in [-0.15, -0.1) is 0 Å². The third-order valence-electron chi connectivity index (χ3n) is 6.21. The van der Waals surface area contributed by atoms with Gasteiger partial charge in [-0.1, -0.05) is 23.7 Å². The maximum absolute atomic E-state index is 12.4. The number of nitrogens with zero attached hydrogens (tertiary/aromatic N) is 1. The van der Waals surface area contributed by atoms with E-state index in [9.17, 15) is 4.79 Å². The van der Waals surface area contributed by atoms with E-state index in [1.165, 1.54) is 6.07 Å². The number of ether oxygens (including phenoxy) is 4. The highest BCUT2D eigenvalue weighted by Crippen LogP contribution is 2.43. The van der Waals surface area contributed by atoms with Gasteiger partial charge in [0.25, 0.3) is 0 Å².